The van der Waals surface area contributed by atoms with Crippen molar-refractivity contribution in [3.63, 3.8) is 0 Å². The summed E-state index contributed by atoms with van der Waals surface area (Å²) in [6, 6.07) is 6.56. The molecule has 5 nitrogen and oxygen atoms in total. The first kappa shape index (κ1) is 20.9. The van der Waals surface area contributed by atoms with Crippen LogP contribution in [0.15, 0.2) is 29.2 Å². The van der Waals surface area contributed by atoms with E-state index >= 15 is 0 Å². The summed E-state index contributed by atoms with van der Waals surface area (Å²) in [6.45, 7) is 7.46. The van der Waals surface area contributed by atoms with Crippen molar-refractivity contribution >= 4 is 21.6 Å². The van der Waals surface area contributed by atoms with E-state index in [0.717, 1.165) is 38.5 Å². The van der Waals surface area contributed by atoms with Gasteiger partial charge < -0.3 is 5.32 Å². The summed E-state index contributed by atoms with van der Waals surface area (Å²) < 4.78 is 27.0. The molecule has 0 aromatic heterocycles. The van der Waals surface area contributed by atoms with Gasteiger partial charge in [0.15, 0.2) is 0 Å². The van der Waals surface area contributed by atoms with Gasteiger partial charge in [0.2, 0.25) is 15.9 Å². The molecule has 1 N–H and O–H groups in total. The van der Waals surface area contributed by atoms with Crippen LogP contribution in [0, 0.1) is 11.8 Å². The van der Waals surface area contributed by atoms with Crippen LogP contribution in [0.3, 0.4) is 0 Å². The zero-order valence-corrected chi connectivity index (χ0v) is 17.0. The molecule has 0 aliphatic carbocycles. The van der Waals surface area contributed by atoms with Crippen LogP contribution in [-0.4, -0.2) is 31.7 Å². The van der Waals surface area contributed by atoms with Crippen LogP contribution in [0.4, 0.5) is 5.69 Å². The topological polar surface area (TPSA) is 66.5 Å². The van der Waals surface area contributed by atoms with E-state index in [-0.39, 0.29) is 11.8 Å². The lowest BCUT2D eigenvalue weighted by Gasteiger charge is -2.29. The molecule has 1 atom stereocenters. The molecule has 0 saturated carbocycles. The van der Waals surface area contributed by atoms with Crippen LogP contribution in [0.25, 0.3) is 0 Å². The van der Waals surface area contributed by atoms with Crippen LogP contribution in [-0.2, 0) is 14.8 Å². The van der Waals surface area contributed by atoms with Crippen LogP contribution in [0.2, 0.25) is 0 Å². The number of benzene rings is 1. The lowest BCUT2D eigenvalue weighted by Crippen LogP contribution is -2.37. The molecule has 146 valence electrons. The van der Waals surface area contributed by atoms with Gasteiger partial charge in [-0.05, 0) is 55.9 Å². The normalized spacial score (nSPS) is 17.8. The Balaban J connectivity index is 2.02. The Morgan fingerprint density at radius 2 is 1.81 bits per heavy atom. The van der Waals surface area contributed by atoms with Gasteiger partial charge in [0.25, 0.3) is 0 Å². The minimum atomic E-state index is -3.44. The van der Waals surface area contributed by atoms with Gasteiger partial charge in [-0.1, -0.05) is 33.6 Å². The number of nitrogens with one attached hydrogen (secondary N) is 1. The Labute approximate surface area is 158 Å². The Morgan fingerprint density at radius 1 is 1.19 bits per heavy atom. The molecule has 1 saturated heterocycles. The Kier molecular flexibility index (Phi) is 7.65. The lowest BCUT2D eigenvalue weighted by molar-refractivity contribution is -0.120. The average Bonchev–Trinajstić information content (AvgIpc) is 2.63. The van der Waals surface area contributed by atoms with Crippen molar-refractivity contribution in [3.05, 3.63) is 24.3 Å². The van der Waals surface area contributed by atoms with E-state index in [4.69, 9.17) is 0 Å². The molecule has 2 rings (SSSR count). The summed E-state index contributed by atoms with van der Waals surface area (Å²) in [5.74, 6) is 0.605. The highest BCUT2D eigenvalue weighted by Crippen LogP contribution is 2.24. The van der Waals surface area contributed by atoms with Crippen molar-refractivity contribution in [2.24, 2.45) is 11.8 Å². The van der Waals surface area contributed by atoms with Crippen LogP contribution in [0.5, 0.6) is 0 Å². The third-order valence-electron chi connectivity index (χ3n) is 5.27. The second-order valence-electron chi connectivity index (χ2n) is 7.35. The standard InChI is InChI=1S/C20H32N2O3S/c1-4-6-7-17(5-2)20(23)21-18-8-10-19(11-9-18)26(24,25)22-14-12-16(3)13-15-22/h8-11,16-17H,4-7,12-15H2,1-3H3,(H,21,23)/t17-/m0/s1. The number of hydrogen-bond acceptors (Lipinski definition) is 3. The van der Waals surface area contributed by atoms with E-state index < -0.39 is 10.0 Å². The minimum Gasteiger partial charge on any atom is -0.326 e. The van der Waals surface area contributed by atoms with Crippen LogP contribution in [0.1, 0.15) is 59.3 Å². The van der Waals surface area contributed by atoms with Crippen molar-refractivity contribution in [3.8, 4) is 0 Å². The number of sulfonamides is 1. The van der Waals surface area contributed by atoms with E-state index in [0.29, 0.717) is 29.6 Å². The molecule has 1 amide bonds. The Bertz CT molecular complexity index is 678. The molecule has 1 fully saturated rings. The first-order valence-electron chi connectivity index (χ1n) is 9.79. The third-order valence-corrected chi connectivity index (χ3v) is 7.18. The number of amides is 1. The Hall–Kier alpha value is -1.40. The first-order chi connectivity index (χ1) is 12.4. The molecule has 1 aromatic carbocycles. The predicted octanol–water partition coefficient (Wildman–Crippen LogP) is 4.26. The molecular weight excluding hydrogens is 348 g/mol. The summed E-state index contributed by atoms with van der Waals surface area (Å²) in [5.41, 5.74) is 0.649. The van der Waals surface area contributed by atoms with Gasteiger partial charge in [-0.15, -0.1) is 0 Å². The fraction of sp³-hybridized carbons (Fsp3) is 0.650. The predicted molar refractivity (Wildman–Crippen MR) is 106 cm³/mol. The molecule has 1 aliphatic rings. The van der Waals surface area contributed by atoms with Crippen molar-refractivity contribution < 1.29 is 13.2 Å². The number of carbonyl (C=O) groups excluding carboxylic acids is 1. The summed E-state index contributed by atoms with van der Waals surface area (Å²) in [7, 11) is -3.44. The molecule has 0 unspecified atom stereocenters. The molecule has 6 heteroatoms. The molecule has 0 bridgehead atoms. The van der Waals surface area contributed by atoms with Crippen molar-refractivity contribution in [2.75, 3.05) is 18.4 Å². The van der Waals surface area contributed by atoms with Crippen molar-refractivity contribution in [1.82, 2.24) is 4.31 Å². The van der Waals surface area contributed by atoms with Crippen molar-refractivity contribution in [1.29, 1.82) is 0 Å². The van der Waals surface area contributed by atoms with Gasteiger partial charge in [0.05, 0.1) is 4.90 Å². The number of piperidine rings is 1. The van der Waals surface area contributed by atoms with Crippen LogP contribution >= 0.6 is 0 Å². The van der Waals surface area contributed by atoms with Gasteiger partial charge in [0.1, 0.15) is 0 Å². The fourth-order valence-corrected chi connectivity index (χ4v) is 4.77. The maximum absolute atomic E-state index is 12.7. The molecule has 0 radical (unpaired) electrons. The third kappa shape index (κ3) is 5.30. The molecule has 1 aliphatic heterocycles. The highest BCUT2D eigenvalue weighted by atomic mass is 32.2. The van der Waals surface area contributed by atoms with Gasteiger partial charge in [-0.3, -0.25) is 4.79 Å². The average molecular weight is 381 g/mol. The van der Waals surface area contributed by atoms with E-state index in [1.165, 1.54) is 0 Å². The van der Waals surface area contributed by atoms with E-state index in [2.05, 4.69) is 19.2 Å². The van der Waals surface area contributed by atoms with Gasteiger partial charge in [-0.2, -0.15) is 4.31 Å². The van der Waals surface area contributed by atoms with Crippen molar-refractivity contribution in [2.45, 2.75) is 64.2 Å². The van der Waals surface area contributed by atoms with Gasteiger partial charge in [-0.25, -0.2) is 8.42 Å². The summed E-state index contributed by atoms with van der Waals surface area (Å²) in [6.07, 6.45) is 5.63. The largest absolute Gasteiger partial charge is 0.326 e. The fourth-order valence-electron chi connectivity index (χ4n) is 3.30. The summed E-state index contributed by atoms with van der Waals surface area (Å²) in [4.78, 5) is 12.7. The SMILES string of the molecule is CCCC[C@H](CC)C(=O)Nc1ccc(S(=O)(=O)N2CCC(C)CC2)cc1. The van der Waals surface area contributed by atoms with E-state index in [9.17, 15) is 13.2 Å². The molecule has 1 heterocycles. The first-order valence-corrected chi connectivity index (χ1v) is 11.2. The summed E-state index contributed by atoms with van der Waals surface area (Å²) >= 11 is 0. The smallest absolute Gasteiger partial charge is 0.243 e. The number of anilines is 1. The van der Waals surface area contributed by atoms with E-state index in [1.807, 2.05) is 6.92 Å². The Morgan fingerprint density at radius 3 is 2.35 bits per heavy atom. The quantitative estimate of drug-likeness (QED) is 0.733. The summed E-state index contributed by atoms with van der Waals surface area (Å²) in [5, 5.41) is 2.92. The number of nitrogens with zero attached hydrogens (tertiary/aromatic N) is 1. The number of rotatable bonds is 8. The second kappa shape index (κ2) is 9.51. The zero-order valence-electron chi connectivity index (χ0n) is 16.2. The molecule has 0 spiro atoms. The monoisotopic (exact) mass is 380 g/mol. The zero-order chi connectivity index (χ0) is 19.2. The second-order valence-corrected chi connectivity index (χ2v) is 9.29. The van der Waals surface area contributed by atoms with Gasteiger partial charge in [0, 0.05) is 24.7 Å². The number of carbonyl (C=O) groups is 1. The number of unbranched alkanes of at least 4 members (excludes halogenated alkanes) is 1. The van der Waals surface area contributed by atoms with E-state index in [1.54, 1.807) is 28.6 Å². The van der Waals surface area contributed by atoms with Crippen LogP contribution < -0.4 is 5.32 Å². The highest BCUT2D eigenvalue weighted by Gasteiger charge is 2.28. The molecule has 1 aromatic rings. The molecule has 26 heavy (non-hydrogen) atoms. The molecular formula is C20H32N2O3S. The highest BCUT2D eigenvalue weighted by molar-refractivity contribution is 7.89. The maximum atomic E-state index is 12.7. The van der Waals surface area contributed by atoms with Gasteiger partial charge >= 0.3 is 0 Å². The lowest BCUT2D eigenvalue weighted by atomic mass is 9.98. The maximum Gasteiger partial charge on any atom is 0.243 e. The minimum absolute atomic E-state index is 0.00805. The number of hydrogen-bond donors (Lipinski definition) is 1.